The van der Waals surface area contributed by atoms with Crippen molar-refractivity contribution in [3.63, 3.8) is 0 Å². The number of hydrogen-bond donors (Lipinski definition) is 2. The van der Waals surface area contributed by atoms with E-state index in [0.29, 0.717) is 6.54 Å². The fraction of sp³-hybridized carbons (Fsp3) is 0.462. The number of carbonyl (C=O) groups excluding carboxylic acids is 1. The van der Waals surface area contributed by atoms with Gasteiger partial charge in [0.15, 0.2) is 0 Å². The summed E-state index contributed by atoms with van der Waals surface area (Å²) in [5.74, 6) is -0.980. The highest BCUT2D eigenvalue weighted by Crippen LogP contribution is 2.04. The highest BCUT2D eigenvalue weighted by molar-refractivity contribution is 5.89. The van der Waals surface area contributed by atoms with Gasteiger partial charge in [-0.3, -0.25) is 0 Å². The molecule has 0 spiro atoms. The van der Waals surface area contributed by atoms with E-state index in [0.717, 1.165) is 0 Å². The van der Waals surface area contributed by atoms with E-state index in [4.69, 9.17) is 4.74 Å². The number of aliphatic hydroxyl groups excluding tert-OH is 1. The van der Waals surface area contributed by atoms with Crippen molar-refractivity contribution in [2.75, 3.05) is 13.2 Å². The van der Waals surface area contributed by atoms with Gasteiger partial charge in [0.25, 0.3) is 0 Å². The fourth-order valence-corrected chi connectivity index (χ4v) is 1.27. The van der Waals surface area contributed by atoms with Gasteiger partial charge >= 0.3 is 5.97 Å². The molecule has 0 unspecified atom stereocenters. The van der Waals surface area contributed by atoms with Crippen LogP contribution in [0, 0.1) is 5.82 Å². The van der Waals surface area contributed by atoms with Crippen LogP contribution in [0.15, 0.2) is 24.3 Å². The molecular formula is C13H18FNO3. The van der Waals surface area contributed by atoms with Crippen LogP contribution in [-0.4, -0.2) is 36.4 Å². The summed E-state index contributed by atoms with van der Waals surface area (Å²) in [6, 6.07) is 5.32. The third-order valence-corrected chi connectivity index (χ3v) is 2.25. The van der Waals surface area contributed by atoms with Crippen LogP contribution in [0.4, 0.5) is 4.39 Å². The topological polar surface area (TPSA) is 58.6 Å². The third-order valence-electron chi connectivity index (χ3n) is 2.25. The number of rotatable bonds is 6. The first-order valence-electron chi connectivity index (χ1n) is 5.83. The van der Waals surface area contributed by atoms with Crippen molar-refractivity contribution in [2.45, 2.75) is 26.0 Å². The van der Waals surface area contributed by atoms with E-state index >= 15 is 0 Å². The van der Waals surface area contributed by atoms with Crippen molar-refractivity contribution in [2.24, 2.45) is 0 Å². The summed E-state index contributed by atoms with van der Waals surface area (Å²) in [6.07, 6.45) is -0.753. The molecule has 0 aliphatic carbocycles. The first kappa shape index (κ1) is 14.6. The summed E-state index contributed by atoms with van der Waals surface area (Å²) >= 11 is 0. The number of hydrogen-bond acceptors (Lipinski definition) is 4. The highest BCUT2D eigenvalue weighted by atomic mass is 19.1. The molecule has 0 bridgehead atoms. The molecule has 0 saturated heterocycles. The molecule has 5 heteroatoms. The Morgan fingerprint density at radius 2 is 2.00 bits per heavy atom. The molecule has 0 saturated carbocycles. The van der Waals surface area contributed by atoms with Crippen LogP contribution >= 0.6 is 0 Å². The van der Waals surface area contributed by atoms with Crippen molar-refractivity contribution < 1.29 is 19.0 Å². The van der Waals surface area contributed by atoms with Gasteiger partial charge in [-0.25, -0.2) is 9.18 Å². The number of esters is 1. The Morgan fingerprint density at radius 3 is 2.56 bits per heavy atom. The maximum atomic E-state index is 12.6. The lowest BCUT2D eigenvalue weighted by atomic mass is 10.2. The molecule has 0 fully saturated rings. The van der Waals surface area contributed by atoms with Crippen molar-refractivity contribution in [1.82, 2.24) is 5.32 Å². The zero-order chi connectivity index (χ0) is 13.5. The van der Waals surface area contributed by atoms with Gasteiger partial charge in [-0.15, -0.1) is 0 Å². The Balaban J connectivity index is 2.34. The molecule has 1 aromatic carbocycles. The van der Waals surface area contributed by atoms with Gasteiger partial charge in [0.1, 0.15) is 18.5 Å². The van der Waals surface area contributed by atoms with E-state index in [2.05, 4.69) is 5.32 Å². The molecule has 4 nitrogen and oxygen atoms in total. The highest BCUT2D eigenvalue weighted by Gasteiger charge is 2.11. The smallest absolute Gasteiger partial charge is 0.338 e. The van der Waals surface area contributed by atoms with E-state index in [1.54, 1.807) is 0 Å². The maximum Gasteiger partial charge on any atom is 0.338 e. The van der Waals surface area contributed by atoms with E-state index in [1.165, 1.54) is 24.3 Å². The minimum atomic E-state index is -0.753. The predicted molar refractivity (Wildman–Crippen MR) is 65.8 cm³/mol. The molecule has 1 atom stereocenters. The van der Waals surface area contributed by atoms with Crippen LogP contribution in [-0.2, 0) is 4.74 Å². The molecule has 0 aliphatic rings. The second-order valence-corrected chi connectivity index (χ2v) is 4.32. The van der Waals surface area contributed by atoms with Crippen LogP contribution < -0.4 is 5.32 Å². The fourth-order valence-electron chi connectivity index (χ4n) is 1.27. The Bertz CT molecular complexity index is 378. The zero-order valence-electron chi connectivity index (χ0n) is 10.5. The van der Waals surface area contributed by atoms with Crippen LogP contribution in [0.3, 0.4) is 0 Å². The molecule has 0 amide bonds. The Morgan fingerprint density at radius 1 is 1.39 bits per heavy atom. The first-order valence-corrected chi connectivity index (χ1v) is 5.83. The lowest BCUT2D eigenvalue weighted by Crippen LogP contribution is -2.35. The van der Waals surface area contributed by atoms with Crippen LogP contribution in [0.5, 0.6) is 0 Å². The summed E-state index contributed by atoms with van der Waals surface area (Å²) in [4.78, 5) is 11.5. The number of benzene rings is 1. The van der Waals surface area contributed by atoms with Gasteiger partial charge in [0.2, 0.25) is 0 Å². The molecule has 0 radical (unpaired) electrons. The van der Waals surface area contributed by atoms with Gasteiger partial charge in [0, 0.05) is 12.6 Å². The molecule has 1 rings (SSSR count). The van der Waals surface area contributed by atoms with Crippen molar-refractivity contribution in [3.8, 4) is 0 Å². The average Bonchev–Trinajstić information content (AvgIpc) is 2.34. The number of nitrogens with one attached hydrogen (secondary N) is 1. The number of aliphatic hydroxyl groups is 1. The summed E-state index contributed by atoms with van der Waals surface area (Å²) in [7, 11) is 0. The van der Waals surface area contributed by atoms with E-state index in [1.807, 2.05) is 13.8 Å². The maximum absolute atomic E-state index is 12.6. The zero-order valence-corrected chi connectivity index (χ0v) is 10.5. The number of ether oxygens (including phenoxy) is 1. The second-order valence-electron chi connectivity index (χ2n) is 4.32. The van der Waals surface area contributed by atoms with E-state index in [9.17, 15) is 14.3 Å². The van der Waals surface area contributed by atoms with Gasteiger partial charge in [-0.2, -0.15) is 0 Å². The monoisotopic (exact) mass is 255 g/mol. The molecule has 0 aromatic heterocycles. The lowest BCUT2D eigenvalue weighted by Gasteiger charge is -2.14. The third kappa shape index (κ3) is 5.25. The van der Waals surface area contributed by atoms with Crippen molar-refractivity contribution in [3.05, 3.63) is 35.6 Å². The molecule has 1 aromatic rings. The minimum Gasteiger partial charge on any atom is -0.459 e. The van der Waals surface area contributed by atoms with E-state index in [-0.39, 0.29) is 18.2 Å². The Kier molecular flexibility index (Phi) is 5.74. The number of carbonyl (C=O) groups is 1. The summed E-state index contributed by atoms with van der Waals surface area (Å²) < 4.78 is 17.6. The standard InChI is InChI=1S/C13H18FNO3/c1-9(2)15-7-12(16)8-18-13(17)10-3-5-11(14)6-4-10/h3-6,9,12,15-16H,7-8H2,1-2H3/t12-/m0/s1. The van der Waals surface area contributed by atoms with Gasteiger partial charge in [0.05, 0.1) is 5.56 Å². The summed E-state index contributed by atoms with van der Waals surface area (Å²) in [5.41, 5.74) is 0.264. The number of halogens is 1. The minimum absolute atomic E-state index is 0.0874. The molecular weight excluding hydrogens is 237 g/mol. The van der Waals surface area contributed by atoms with Crippen LogP contribution in [0.1, 0.15) is 24.2 Å². The van der Waals surface area contributed by atoms with Crippen LogP contribution in [0.25, 0.3) is 0 Å². The molecule has 0 aliphatic heterocycles. The van der Waals surface area contributed by atoms with Crippen molar-refractivity contribution >= 4 is 5.97 Å². The summed E-state index contributed by atoms with van der Waals surface area (Å²) in [5, 5.41) is 12.6. The normalized spacial score (nSPS) is 12.5. The SMILES string of the molecule is CC(C)NC[C@H](O)COC(=O)c1ccc(F)cc1. The summed E-state index contributed by atoms with van der Waals surface area (Å²) in [6.45, 7) is 4.18. The lowest BCUT2D eigenvalue weighted by molar-refractivity contribution is 0.0256. The molecule has 100 valence electrons. The van der Waals surface area contributed by atoms with Gasteiger partial charge < -0.3 is 15.2 Å². The average molecular weight is 255 g/mol. The first-order chi connectivity index (χ1) is 8.49. The molecule has 18 heavy (non-hydrogen) atoms. The van der Waals surface area contributed by atoms with Gasteiger partial charge in [-0.1, -0.05) is 13.8 Å². The van der Waals surface area contributed by atoms with Gasteiger partial charge in [-0.05, 0) is 24.3 Å². The van der Waals surface area contributed by atoms with Crippen molar-refractivity contribution in [1.29, 1.82) is 0 Å². The molecule has 0 heterocycles. The largest absolute Gasteiger partial charge is 0.459 e. The Hall–Kier alpha value is -1.46. The second kappa shape index (κ2) is 7.08. The van der Waals surface area contributed by atoms with E-state index < -0.39 is 17.9 Å². The predicted octanol–water partition coefficient (Wildman–Crippen LogP) is 1.34. The Labute approximate surface area is 106 Å². The molecule has 2 N–H and O–H groups in total. The quantitative estimate of drug-likeness (QED) is 0.753. The van der Waals surface area contributed by atoms with Crippen LogP contribution in [0.2, 0.25) is 0 Å².